The predicted molar refractivity (Wildman–Crippen MR) is 95.9 cm³/mol. The average molecular weight is 351 g/mol. The second-order valence-electron chi connectivity index (χ2n) is 5.47. The van der Waals surface area contributed by atoms with Crippen LogP contribution in [0.1, 0.15) is 37.1 Å². The van der Waals surface area contributed by atoms with Crippen LogP contribution in [0.25, 0.3) is 0 Å². The molecule has 0 unspecified atom stereocenters. The van der Waals surface area contributed by atoms with Crippen molar-refractivity contribution in [2.45, 2.75) is 25.9 Å². The van der Waals surface area contributed by atoms with E-state index in [4.69, 9.17) is 23.2 Å². The molecule has 0 aliphatic rings. The second kappa shape index (κ2) is 8.34. The molecule has 5 heteroatoms. The minimum Gasteiger partial charge on any atom is -0.348 e. The third kappa shape index (κ3) is 5.24. The first kappa shape index (κ1) is 17.8. The van der Waals surface area contributed by atoms with Crippen molar-refractivity contribution >= 4 is 29.1 Å². The molecule has 0 saturated heterocycles. The van der Waals surface area contributed by atoms with Crippen molar-refractivity contribution in [3.63, 3.8) is 0 Å². The molecule has 0 bridgehead atoms. The van der Waals surface area contributed by atoms with Gasteiger partial charge >= 0.3 is 0 Å². The van der Waals surface area contributed by atoms with Gasteiger partial charge in [-0.3, -0.25) is 4.79 Å². The summed E-state index contributed by atoms with van der Waals surface area (Å²) in [5.74, 6) is -0.0775. The van der Waals surface area contributed by atoms with Crippen molar-refractivity contribution in [2.24, 2.45) is 0 Å². The minimum absolute atomic E-state index is 0.0775. The lowest BCUT2D eigenvalue weighted by molar-refractivity contribution is -0.121. The van der Waals surface area contributed by atoms with E-state index in [1.165, 1.54) is 0 Å². The first-order valence-electron chi connectivity index (χ1n) is 7.50. The molecule has 2 N–H and O–H groups in total. The molecule has 0 spiro atoms. The standard InChI is InChI=1S/C18H20Cl2N2O/c1-12(14-6-4-3-5-7-14)21-11-18(23)22-13(2)16-9-8-15(19)10-17(16)20/h3-10,12-13,21H,11H2,1-2H3,(H,22,23)/t12-,13+/m1/s1. The Morgan fingerprint density at radius 3 is 2.39 bits per heavy atom. The smallest absolute Gasteiger partial charge is 0.234 e. The van der Waals surface area contributed by atoms with Gasteiger partial charge in [0, 0.05) is 16.1 Å². The Labute approximate surface area is 147 Å². The highest BCUT2D eigenvalue weighted by atomic mass is 35.5. The van der Waals surface area contributed by atoms with Crippen molar-refractivity contribution in [1.29, 1.82) is 0 Å². The van der Waals surface area contributed by atoms with Gasteiger partial charge in [-0.2, -0.15) is 0 Å². The maximum atomic E-state index is 12.1. The lowest BCUT2D eigenvalue weighted by Crippen LogP contribution is -2.36. The van der Waals surface area contributed by atoms with Crippen LogP contribution in [0.4, 0.5) is 0 Å². The van der Waals surface area contributed by atoms with E-state index >= 15 is 0 Å². The summed E-state index contributed by atoms with van der Waals surface area (Å²) in [6, 6.07) is 15.2. The molecule has 0 radical (unpaired) electrons. The number of carbonyl (C=O) groups is 1. The quantitative estimate of drug-likeness (QED) is 0.803. The molecule has 2 aromatic rings. The summed E-state index contributed by atoms with van der Waals surface area (Å²) in [4.78, 5) is 12.1. The Hall–Kier alpha value is -1.55. The van der Waals surface area contributed by atoms with Crippen LogP contribution in [0.5, 0.6) is 0 Å². The largest absolute Gasteiger partial charge is 0.348 e. The molecule has 0 saturated carbocycles. The Bertz CT molecular complexity index is 661. The first-order valence-corrected chi connectivity index (χ1v) is 8.25. The van der Waals surface area contributed by atoms with Crippen molar-refractivity contribution in [2.75, 3.05) is 6.54 Å². The van der Waals surface area contributed by atoms with Crippen LogP contribution in [0.3, 0.4) is 0 Å². The summed E-state index contributed by atoms with van der Waals surface area (Å²) in [6.07, 6.45) is 0. The monoisotopic (exact) mass is 350 g/mol. The van der Waals surface area contributed by atoms with E-state index in [9.17, 15) is 4.79 Å². The number of amides is 1. The summed E-state index contributed by atoms with van der Waals surface area (Å²) >= 11 is 12.1. The number of nitrogens with one attached hydrogen (secondary N) is 2. The molecule has 0 fully saturated rings. The Kier molecular flexibility index (Phi) is 6.46. The van der Waals surface area contributed by atoms with Gasteiger partial charge in [-0.25, -0.2) is 0 Å². The zero-order valence-corrected chi connectivity index (χ0v) is 14.7. The lowest BCUT2D eigenvalue weighted by atomic mass is 10.1. The first-order chi connectivity index (χ1) is 11.0. The van der Waals surface area contributed by atoms with Gasteiger partial charge in [-0.05, 0) is 37.1 Å². The van der Waals surface area contributed by atoms with E-state index in [0.29, 0.717) is 10.0 Å². The number of hydrogen-bond acceptors (Lipinski definition) is 2. The molecule has 3 nitrogen and oxygen atoms in total. The number of hydrogen-bond donors (Lipinski definition) is 2. The highest BCUT2D eigenvalue weighted by Crippen LogP contribution is 2.25. The van der Waals surface area contributed by atoms with Gasteiger partial charge in [0.2, 0.25) is 5.91 Å². The average Bonchev–Trinajstić information content (AvgIpc) is 2.53. The van der Waals surface area contributed by atoms with Gasteiger partial charge < -0.3 is 10.6 Å². The normalized spacial score (nSPS) is 13.4. The van der Waals surface area contributed by atoms with E-state index in [2.05, 4.69) is 10.6 Å². The molecular formula is C18H20Cl2N2O. The van der Waals surface area contributed by atoms with Crippen LogP contribution in [0, 0.1) is 0 Å². The van der Waals surface area contributed by atoms with Gasteiger partial charge in [0.25, 0.3) is 0 Å². The fourth-order valence-electron chi connectivity index (χ4n) is 2.33. The molecule has 122 valence electrons. The van der Waals surface area contributed by atoms with E-state index in [0.717, 1.165) is 11.1 Å². The van der Waals surface area contributed by atoms with E-state index < -0.39 is 0 Å². The van der Waals surface area contributed by atoms with Crippen molar-refractivity contribution in [3.05, 3.63) is 69.7 Å². The lowest BCUT2D eigenvalue weighted by Gasteiger charge is -2.18. The summed E-state index contributed by atoms with van der Waals surface area (Å²) in [7, 11) is 0. The zero-order valence-electron chi connectivity index (χ0n) is 13.1. The van der Waals surface area contributed by atoms with Crippen molar-refractivity contribution in [1.82, 2.24) is 10.6 Å². The zero-order chi connectivity index (χ0) is 16.8. The topological polar surface area (TPSA) is 41.1 Å². The molecule has 0 aliphatic carbocycles. The Balaban J connectivity index is 1.87. The second-order valence-corrected chi connectivity index (χ2v) is 6.31. The van der Waals surface area contributed by atoms with Gasteiger partial charge in [0.1, 0.15) is 0 Å². The number of rotatable bonds is 6. The third-order valence-electron chi connectivity index (χ3n) is 3.67. The number of benzene rings is 2. The van der Waals surface area contributed by atoms with Crippen molar-refractivity contribution < 1.29 is 4.79 Å². The highest BCUT2D eigenvalue weighted by Gasteiger charge is 2.14. The fraction of sp³-hybridized carbons (Fsp3) is 0.278. The van der Waals surface area contributed by atoms with E-state index in [1.807, 2.05) is 50.2 Å². The SMILES string of the molecule is C[C@H](NC(=O)CN[C@H](C)c1ccccc1)c1ccc(Cl)cc1Cl. The van der Waals surface area contributed by atoms with Crippen LogP contribution in [-0.2, 0) is 4.79 Å². The molecule has 0 aliphatic heterocycles. The van der Waals surface area contributed by atoms with E-state index in [1.54, 1.807) is 12.1 Å². The Morgan fingerprint density at radius 2 is 1.74 bits per heavy atom. The summed E-state index contributed by atoms with van der Waals surface area (Å²) < 4.78 is 0. The third-order valence-corrected chi connectivity index (χ3v) is 4.24. The molecule has 0 aromatic heterocycles. The number of halogens is 2. The summed E-state index contributed by atoms with van der Waals surface area (Å²) in [5, 5.41) is 7.28. The molecule has 2 atom stereocenters. The maximum Gasteiger partial charge on any atom is 0.234 e. The van der Waals surface area contributed by atoms with Gasteiger partial charge in [0.05, 0.1) is 12.6 Å². The molecule has 2 rings (SSSR count). The van der Waals surface area contributed by atoms with Crippen molar-refractivity contribution in [3.8, 4) is 0 Å². The molecule has 2 aromatic carbocycles. The van der Waals surface area contributed by atoms with Crippen LogP contribution >= 0.6 is 23.2 Å². The summed E-state index contributed by atoms with van der Waals surface area (Å²) in [5.41, 5.74) is 2.00. The molecule has 1 amide bonds. The van der Waals surface area contributed by atoms with Crippen LogP contribution < -0.4 is 10.6 Å². The van der Waals surface area contributed by atoms with Gasteiger partial charge in [-0.15, -0.1) is 0 Å². The van der Waals surface area contributed by atoms with Crippen LogP contribution in [0.2, 0.25) is 10.0 Å². The van der Waals surface area contributed by atoms with Gasteiger partial charge in [-0.1, -0.05) is 59.6 Å². The molecular weight excluding hydrogens is 331 g/mol. The maximum absolute atomic E-state index is 12.1. The highest BCUT2D eigenvalue weighted by molar-refractivity contribution is 6.35. The minimum atomic E-state index is -0.180. The molecule has 0 heterocycles. The molecule has 23 heavy (non-hydrogen) atoms. The predicted octanol–water partition coefficient (Wildman–Crippen LogP) is 4.52. The Morgan fingerprint density at radius 1 is 1.04 bits per heavy atom. The van der Waals surface area contributed by atoms with Crippen LogP contribution in [0.15, 0.2) is 48.5 Å². The fourth-order valence-corrected chi connectivity index (χ4v) is 2.90. The van der Waals surface area contributed by atoms with E-state index in [-0.39, 0.29) is 24.5 Å². The number of carbonyl (C=O) groups excluding carboxylic acids is 1. The van der Waals surface area contributed by atoms with Gasteiger partial charge in [0.15, 0.2) is 0 Å². The van der Waals surface area contributed by atoms with Crippen LogP contribution in [-0.4, -0.2) is 12.5 Å². The summed E-state index contributed by atoms with van der Waals surface area (Å²) in [6.45, 7) is 4.17.